The Morgan fingerprint density at radius 3 is 2.33 bits per heavy atom. The molecule has 5 nitrogen and oxygen atoms in total. The number of para-hydroxylation sites is 1. The summed E-state index contributed by atoms with van der Waals surface area (Å²) in [5, 5.41) is 0. The van der Waals surface area contributed by atoms with Gasteiger partial charge in [0.05, 0.1) is 12.6 Å². The SMILES string of the molecule is Cc1cc(C)c(C2=N[C@H](C(C)(C)C)CO2)[c-]c1Oc1[c-]c2c(cc1)C(C)(C)c1ccccc1N2c1cc(C(C)(C)C)ccn1.[Pt+2]. The van der Waals surface area contributed by atoms with Gasteiger partial charge < -0.3 is 14.4 Å². The number of rotatable bonds is 4. The summed E-state index contributed by atoms with van der Waals surface area (Å²) in [6.45, 7) is 22.5. The minimum absolute atomic E-state index is 0. The van der Waals surface area contributed by atoms with Crippen molar-refractivity contribution in [3.8, 4) is 11.5 Å². The fourth-order valence-corrected chi connectivity index (χ4v) is 6.08. The molecule has 0 spiro atoms. The molecule has 45 heavy (non-hydrogen) atoms. The van der Waals surface area contributed by atoms with Crippen LogP contribution in [-0.4, -0.2) is 23.5 Å². The number of benzene rings is 3. The van der Waals surface area contributed by atoms with Crippen molar-refractivity contribution >= 4 is 23.1 Å². The Bertz CT molecular complexity index is 1780. The molecule has 2 aliphatic rings. The Hall–Kier alpha value is -3.43. The second-order valence-corrected chi connectivity index (χ2v) is 14.8. The first-order chi connectivity index (χ1) is 20.6. The number of hydrogen-bond acceptors (Lipinski definition) is 5. The van der Waals surface area contributed by atoms with Crippen molar-refractivity contribution in [1.82, 2.24) is 4.98 Å². The Kier molecular flexibility index (Phi) is 8.59. The molecule has 2 aliphatic heterocycles. The first-order valence-electron chi connectivity index (χ1n) is 15.5. The van der Waals surface area contributed by atoms with Gasteiger partial charge in [0.1, 0.15) is 11.7 Å². The molecule has 0 saturated carbocycles. The molecule has 0 N–H and O–H groups in total. The third-order valence-corrected chi connectivity index (χ3v) is 8.95. The van der Waals surface area contributed by atoms with E-state index in [0.717, 1.165) is 33.9 Å². The molecule has 236 valence electrons. The van der Waals surface area contributed by atoms with Crippen molar-refractivity contribution in [3.05, 3.63) is 106 Å². The van der Waals surface area contributed by atoms with Gasteiger partial charge in [0, 0.05) is 23.4 Å². The first-order valence-corrected chi connectivity index (χ1v) is 15.5. The Labute approximate surface area is 283 Å². The van der Waals surface area contributed by atoms with E-state index in [-0.39, 0.29) is 43.4 Å². The van der Waals surface area contributed by atoms with E-state index < -0.39 is 0 Å². The number of nitrogens with zero attached hydrogens (tertiary/aromatic N) is 3. The summed E-state index contributed by atoms with van der Waals surface area (Å²) in [7, 11) is 0. The van der Waals surface area contributed by atoms with Crippen LogP contribution in [0.15, 0.2) is 65.8 Å². The van der Waals surface area contributed by atoms with Crippen LogP contribution in [0.25, 0.3) is 0 Å². The van der Waals surface area contributed by atoms with Crippen molar-refractivity contribution in [3.63, 3.8) is 0 Å². The summed E-state index contributed by atoms with van der Waals surface area (Å²) in [5.74, 6) is 2.75. The number of anilines is 3. The standard InChI is InChI=1S/C39H43N3O2.Pt/c1-24-19-25(2)33(22-28(24)36-41-34(23-43-36)38(6,7)8)44-27-15-16-30-32(21-27)42(31-14-12-11-13-29(31)39(30,9)10)35-20-26(17-18-40-35)37(3,4)5;/h11-20,34H,23H2,1-10H3;/q-2;+2/t34-;/m0./s1. The number of fused-ring (bicyclic) bond motifs is 2. The largest absolute Gasteiger partial charge is 2.00 e. The molecule has 0 fully saturated rings. The van der Waals surface area contributed by atoms with Gasteiger partial charge in [-0.1, -0.05) is 110 Å². The van der Waals surface area contributed by atoms with Gasteiger partial charge in [0.15, 0.2) is 0 Å². The quantitative estimate of drug-likeness (QED) is 0.194. The predicted octanol–water partition coefficient (Wildman–Crippen LogP) is 9.69. The van der Waals surface area contributed by atoms with Crippen molar-refractivity contribution in [2.45, 2.75) is 86.1 Å². The minimum Gasteiger partial charge on any atom is -0.518 e. The number of pyridine rings is 1. The maximum Gasteiger partial charge on any atom is 2.00 e. The molecule has 3 aromatic carbocycles. The fraction of sp³-hybridized carbons (Fsp3) is 0.385. The van der Waals surface area contributed by atoms with E-state index in [2.05, 4.69) is 128 Å². The van der Waals surface area contributed by atoms with Crippen molar-refractivity contribution in [1.29, 1.82) is 0 Å². The molecule has 0 amide bonds. The van der Waals surface area contributed by atoms with E-state index in [9.17, 15) is 0 Å². The van der Waals surface area contributed by atoms with E-state index in [4.69, 9.17) is 19.5 Å². The molecule has 3 heterocycles. The molecule has 0 radical (unpaired) electrons. The smallest absolute Gasteiger partial charge is 0.518 e. The first kappa shape index (κ1) is 32.9. The number of aromatic nitrogens is 1. The zero-order chi connectivity index (χ0) is 31.6. The molecule has 0 saturated heterocycles. The van der Waals surface area contributed by atoms with Gasteiger partial charge in [-0.25, -0.2) is 4.98 Å². The van der Waals surface area contributed by atoms with Crippen LogP contribution >= 0.6 is 0 Å². The average molecular weight is 781 g/mol. The second kappa shape index (κ2) is 11.7. The van der Waals surface area contributed by atoms with E-state index in [1.165, 1.54) is 16.7 Å². The fourth-order valence-electron chi connectivity index (χ4n) is 6.08. The van der Waals surface area contributed by atoms with E-state index >= 15 is 0 Å². The van der Waals surface area contributed by atoms with E-state index in [1.807, 2.05) is 19.2 Å². The Morgan fingerprint density at radius 2 is 1.64 bits per heavy atom. The second-order valence-electron chi connectivity index (χ2n) is 14.8. The molecule has 1 aromatic heterocycles. The summed E-state index contributed by atoms with van der Waals surface area (Å²) in [6.07, 6.45) is 1.91. The van der Waals surface area contributed by atoms with Gasteiger partial charge in [-0.3, -0.25) is 4.99 Å². The van der Waals surface area contributed by atoms with Crippen LogP contribution in [0.4, 0.5) is 17.2 Å². The third-order valence-electron chi connectivity index (χ3n) is 8.95. The van der Waals surface area contributed by atoms with Crippen LogP contribution in [0.1, 0.15) is 88.8 Å². The summed E-state index contributed by atoms with van der Waals surface area (Å²) in [5.41, 5.74) is 8.34. The van der Waals surface area contributed by atoms with Gasteiger partial charge in [0.25, 0.3) is 0 Å². The summed E-state index contributed by atoms with van der Waals surface area (Å²) in [6, 6.07) is 26.4. The predicted molar refractivity (Wildman–Crippen MR) is 179 cm³/mol. The van der Waals surface area contributed by atoms with Gasteiger partial charge in [-0.2, -0.15) is 6.07 Å². The van der Waals surface area contributed by atoms with Crippen LogP contribution in [0.5, 0.6) is 11.5 Å². The Morgan fingerprint density at radius 1 is 0.911 bits per heavy atom. The Balaban J connectivity index is 0.00000400. The van der Waals surface area contributed by atoms with E-state index in [1.54, 1.807) is 0 Å². The molecule has 4 aromatic rings. The monoisotopic (exact) mass is 780 g/mol. The third kappa shape index (κ3) is 6.09. The molecule has 0 unspecified atom stereocenters. The van der Waals surface area contributed by atoms with Gasteiger partial charge in [0.2, 0.25) is 0 Å². The van der Waals surface area contributed by atoms with Crippen LogP contribution in [0, 0.1) is 31.4 Å². The molecule has 6 heteroatoms. The van der Waals surface area contributed by atoms with Crippen LogP contribution in [0.3, 0.4) is 0 Å². The molecule has 6 rings (SSSR count). The van der Waals surface area contributed by atoms with Crippen LogP contribution in [-0.2, 0) is 36.6 Å². The summed E-state index contributed by atoms with van der Waals surface area (Å²) in [4.78, 5) is 12.0. The number of aliphatic imine (C=N–C) groups is 1. The maximum absolute atomic E-state index is 6.57. The minimum atomic E-state index is -0.236. The molecule has 0 aliphatic carbocycles. The number of ether oxygens (including phenoxy) is 2. The summed E-state index contributed by atoms with van der Waals surface area (Å²) < 4.78 is 12.6. The van der Waals surface area contributed by atoms with Gasteiger partial charge in [-0.15, -0.1) is 29.3 Å². The molecular formula is C39H43N3O2Pt. The van der Waals surface area contributed by atoms with Gasteiger partial charge >= 0.3 is 21.1 Å². The van der Waals surface area contributed by atoms with Gasteiger partial charge in [-0.05, 0) is 45.6 Å². The van der Waals surface area contributed by atoms with Crippen LogP contribution in [0.2, 0.25) is 0 Å². The summed E-state index contributed by atoms with van der Waals surface area (Å²) >= 11 is 0. The average Bonchev–Trinajstić information content (AvgIpc) is 3.45. The molecule has 1 atom stereocenters. The number of aryl methyl sites for hydroxylation is 2. The van der Waals surface area contributed by atoms with Crippen molar-refractivity contribution in [2.24, 2.45) is 10.4 Å². The van der Waals surface area contributed by atoms with Crippen LogP contribution < -0.4 is 9.64 Å². The normalized spacial score (nSPS) is 17.1. The van der Waals surface area contributed by atoms with E-state index in [0.29, 0.717) is 24.0 Å². The van der Waals surface area contributed by atoms with Crippen molar-refractivity contribution < 1.29 is 30.5 Å². The zero-order valence-corrected chi connectivity index (χ0v) is 30.3. The topological polar surface area (TPSA) is 47.0 Å². The zero-order valence-electron chi connectivity index (χ0n) is 28.0. The molecule has 0 bridgehead atoms. The molecular weight excluding hydrogens is 738 g/mol. The maximum atomic E-state index is 6.57. The van der Waals surface area contributed by atoms with Crippen molar-refractivity contribution in [2.75, 3.05) is 11.5 Å². The number of hydrogen-bond donors (Lipinski definition) is 0.